The summed E-state index contributed by atoms with van der Waals surface area (Å²) in [6.45, 7) is 24.6. The summed E-state index contributed by atoms with van der Waals surface area (Å²) in [6.07, 6.45) is 8.83. The van der Waals surface area contributed by atoms with Crippen LogP contribution in [-0.4, -0.2) is 337 Å². The summed E-state index contributed by atoms with van der Waals surface area (Å²) >= 11 is 0. The lowest BCUT2D eigenvalue weighted by Gasteiger charge is -2.64. The lowest BCUT2D eigenvalue weighted by atomic mass is 9.43. The molecule has 6 saturated carbocycles. The smallest absolute Gasteiger partial charge is 0.479 e. The topological polar surface area (TPSA) is 445 Å². The fourth-order valence-corrected chi connectivity index (χ4v) is 20.1. The summed E-state index contributed by atoms with van der Waals surface area (Å²) in [4.78, 5) is 107. The summed E-state index contributed by atoms with van der Waals surface area (Å²) in [5.74, 6) is -1.19. The van der Waals surface area contributed by atoms with E-state index in [1.54, 1.807) is 14.7 Å². The number of carbonyl (C=O) groups is 8. The van der Waals surface area contributed by atoms with Crippen LogP contribution in [0.15, 0.2) is 60.7 Å². The molecule has 10 heterocycles. The molecule has 18 atom stereocenters. The van der Waals surface area contributed by atoms with Gasteiger partial charge in [0.25, 0.3) is 16.1 Å². The Morgan fingerprint density at radius 3 is 1.27 bits per heavy atom. The van der Waals surface area contributed by atoms with E-state index in [-0.39, 0.29) is 104 Å². The molecule has 2 aromatic rings. The van der Waals surface area contributed by atoms with Crippen molar-refractivity contribution in [3.8, 4) is 0 Å². The summed E-state index contributed by atoms with van der Waals surface area (Å²) in [5, 5.41) is 84.2. The molecule has 16 aliphatic rings. The number of carboxylic acids is 2. The Morgan fingerprint density at radius 2 is 0.898 bits per heavy atom. The molecule has 10 saturated heterocycles. The number of nitrogens with one attached hydrogen (secondary N) is 6. The van der Waals surface area contributed by atoms with Crippen molar-refractivity contribution in [3.63, 3.8) is 0 Å². The highest BCUT2D eigenvalue weighted by atomic mass is 16.7. The number of benzene rings is 2. The second-order valence-corrected chi connectivity index (χ2v) is 35.1. The van der Waals surface area contributed by atoms with Gasteiger partial charge in [0.2, 0.25) is 23.6 Å². The molecular weight excluding hydrogens is 1520 g/mol. The standard InChI is InChI=1S/C36H46BN3O7.C20H34BN3O3.2C10H19N3O2.C4H6O6.2BHO/c1-35(2)27-19-29(35)36(3)30(20-27)46-37(47-36)31-15-10-17-39(31)32(41)22-40(34(43)45-24-26-13-8-5-9-14-26)28-16-18-38(21-28)33(42)44-23-25-11-6-4-7-12-25;1-19(2)13-9-15(19)20(3)16(10-13)26-21(27-20)17-5-4-8-24(17)18(25)12-23-14-6-7-22-11-14;2*14-9-2-1-5-13(9)10(15)7-12-8-3-4-11-6-8;5-1(3(7)8)2(6)4(9)10;2*1-2/h4-9,11-14,27-31H,10,15-24H2,1-3H3;13-17,22-23H,4-12H2,1-3H3;2*8-9,11-12,14H,1-7H2;1-2,5-6H,(H,7,8)(H,9,10);2*2H/t27-,28+,29-,30+,31-,36-;13-,14+,15-,16+,17-,20-;2*8-,9-;1-,2-;;/m00111../s1. The zero-order chi connectivity index (χ0) is 85.2. The Labute approximate surface area is 696 Å². The third-order valence-corrected chi connectivity index (χ3v) is 27.3. The number of aliphatic hydroxyl groups is 4. The van der Waals surface area contributed by atoms with E-state index in [9.17, 15) is 48.6 Å². The van der Waals surface area contributed by atoms with E-state index in [1.165, 1.54) is 17.7 Å². The summed E-state index contributed by atoms with van der Waals surface area (Å²) in [6, 6.07) is 19.8. The lowest BCUT2D eigenvalue weighted by Crippen LogP contribution is -2.65. The number of carbonyl (C=O) groups excluding carboxylic acids is 6. The Kier molecular flexibility index (Phi) is 34.1. The molecule has 0 aromatic heterocycles. The fraction of sp³-hybridized carbons (Fsp3) is 0.750. The summed E-state index contributed by atoms with van der Waals surface area (Å²) < 4.78 is 37.7. The maximum Gasteiger partial charge on any atom is 0.481 e. The quantitative estimate of drug-likeness (QED) is 0.0745. The Hall–Kier alpha value is -6.58. The Bertz CT molecular complexity index is 3540. The third kappa shape index (κ3) is 22.6. The molecule has 34 nitrogen and oxygen atoms in total. The van der Waals surface area contributed by atoms with Gasteiger partial charge in [0.05, 0.1) is 61.0 Å². The van der Waals surface area contributed by atoms with Gasteiger partial charge in [0, 0.05) is 77.0 Å². The highest BCUT2D eigenvalue weighted by molar-refractivity contribution is 6.48. The largest absolute Gasteiger partial charge is 0.481 e. The van der Waals surface area contributed by atoms with Gasteiger partial charge in [-0.25, -0.2) is 19.2 Å². The molecule has 650 valence electrons. The highest BCUT2D eigenvalue weighted by Crippen LogP contribution is 2.67. The molecule has 0 spiro atoms. The van der Waals surface area contributed by atoms with Crippen LogP contribution in [0.5, 0.6) is 0 Å². The van der Waals surface area contributed by atoms with Gasteiger partial charge in [-0.05, 0) is 182 Å². The van der Waals surface area contributed by atoms with Gasteiger partial charge in [-0.3, -0.25) is 24.1 Å². The Morgan fingerprint density at radius 1 is 0.517 bits per heavy atom. The number of nitrogens with zero attached hydrogens (tertiary/aromatic N) is 6. The minimum atomic E-state index is -2.27. The monoisotopic (exact) mass is 1650 g/mol. The maximum absolute atomic E-state index is 14.1. The number of likely N-dealkylation sites (tertiary alicyclic amines) is 5. The number of hydrogen-bond donors (Lipinski definition) is 14. The van der Waals surface area contributed by atoms with Crippen LogP contribution in [0.3, 0.4) is 0 Å². The molecule has 14 N–H and O–H groups in total. The van der Waals surface area contributed by atoms with Crippen LogP contribution in [0.1, 0.15) is 155 Å². The van der Waals surface area contributed by atoms with E-state index in [0.717, 1.165) is 146 Å². The first kappa shape index (κ1) is 93.7. The number of ether oxygens (including phenoxy) is 2. The fourth-order valence-electron chi connectivity index (χ4n) is 20.1. The van der Waals surface area contributed by atoms with Crippen molar-refractivity contribution in [2.45, 2.75) is 242 Å². The van der Waals surface area contributed by atoms with Crippen molar-refractivity contribution in [1.82, 2.24) is 61.3 Å². The molecule has 6 amide bonds. The van der Waals surface area contributed by atoms with Crippen LogP contribution in [0, 0.1) is 34.5 Å². The second kappa shape index (κ2) is 43.0. The van der Waals surface area contributed by atoms with Crippen LogP contribution in [-0.2, 0) is 70.1 Å². The van der Waals surface area contributed by atoms with Crippen molar-refractivity contribution in [2.24, 2.45) is 34.5 Å². The Balaban J connectivity index is 0.000000173. The molecule has 16 fully saturated rings. The summed E-state index contributed by atoms with van der Waals surface area (Å²) in [7, 11) is 6.26. The van der Waals surface area contributed by atoms with E-state index in [4.69, 9.17) is 58.6 Å². The maximum atomic E-state index is 14.1. The normalized spacial score (nSPS) is 31.8. The van der Waals surface area contributed by atoms with Gasteiger partial charge in [0.1, 0.15) is 32.2 Å². The van der Waals surface area contributed by atoms with Crippen molar-refractivity contribution in [3.05, 3.63) is 71.8 Å². The number of aliphatic carboxylic acids is 2. The molecule has 4 bridgehead atoms. The van der Waals surface area contributed by atoms with Gasteiger partial charge in [-0.2, -0.15) is 0 Å². The average Bonchev–Trinajstić information content (AvgIpc) is 1.47. The minimum absolute atomic E-state index is 0.0203. The third-order valence-electron chi connectivity index (χ3n) is 27.3. The highest BCUT2D eigenvalue weighted by Gasteiger charge is 2.71. The van der Waals surface area contributed by atoms with Gasteiger partial charge in [0.15, 0.2) is 12.2 Å². The molecule has 38 heteroatoms. The predicted molar refractivity (Wildman–Crippen MR) is 435 cm³/mol. The van der Waals surface area contributed by atoms with Gasteiger partial charge < -0.3 is 125 Å². The molecule has 6 aliphatic carbocycles. The number of hydrogen-bond acceptors (Lipinski definition) is 26. The van der Waals surface area contributed by atoms with Gasteiger partial charge >= 0.3 is 38.4 Å². The first-order chi connectivity index (χ1) is 56.5. The minimum Gasteiger partial charge on any atom is -0.479 e. The number of rotatable bonds is 21. The molecule has 10 aliphatic heterocycles. The van der Waals surface area contributed by atoms with Crippen LogP contribution in [0.4, 0.5) is 9.59 Å². The lowest BCUT2D eigenvalue weighted by molar-refractivity contribution is -0.199. The van der Waals surface area contributed by atoms with E-state index >= 15 is 0 Å². The number of aliphatic hydroxyl groups excluding tert-OH is 4. The van der Waals surface area contributed by atoms with Gasteiger partial charge in [-0.1, -0.05) is 88.4 Å². The van der Waals surface area contributed by atoms with Gasteiger partial charge in [-0.15, -0.1) is 0 Å². The van der Waals surface area contributed by atoms with Crippen molar-refractivity contribution in [2.75, 3.05) is 105 Å². The van der Waals surface area contributed by atoms with Crippen molar-refractivity contribution in [1.29, 1.82) is 0 Å². The molecule has 0 unspecified atom stereocenters. The number of carboxylic acid groups (broad SMARTS) is 2. The molecule has 118 heavy (non-hydrogen) atoms. The first-order valence-electron chi connectivity index (χ1n) is 42.3. The second-order valence-electron chi connectivity index (χ2n) is 35.1. The number of amides is 6. The summed E-state index contributed by atoms with van der Waals surface area (Å²) in [5.41, 5.74) is 1.81. The van der Waals surface area contributed by atoms with Crippen LogP contribution in [0.25, 0.3) is 0 Å². The van der Waals surface area contributed by atoms with Crippen molar-refractivity contribution < 1.29 is 107 Å². The SMILES string of the molecule is CC1(C)[C@@H]2C[C@H]3OB([C@@H]4CCCN4C(=O)CN(C(=O)OCc4ccccc4)[C@@H]4CCN(C(=O)OCc5ccccc5)C4)O[C@@]3(C)[C@H]1C2.CC1(C)[C@@H]2C[C@H]3OB([C@@H]4CCCN4C(=O)CN[C@@H]4CCNC4)O[C@@]3(C)[C@H]1C2.O=C(CN[C@@H]1CCNC1)N1CCC[C@H]1O.O=C(CN[C@@H]1CCNC1)N1CCC[C@H]1O.O=C(O)[C@H](O)[C@@H](O)C(=O)O.[B]O.[B]O. The molecule has 18 rings (SSSR count). The molecule has 2 aromatic carbocycles. The zero-order valence-corrected chi connectivity index (χ0v) is 69.3. The molecular formula is C80H126B4N12O22. The van der Waals surface area contributed by atoms with Crippen molar-refractivity contribution >= 4 is 78.1 Å². The van der Waals surface area contributed by atoms with E-state index in [0.29, 0.717) is 93.5 Å². The van der Waals surface area contributed by atoms with E-state index in [1.807, 2.05) is 70.5 Å². The zero-order valence-electron chi connectivity index (χ0n) is 69.3. The van der Waals surface area contributed by atoms with E-state index in [2.05, 4.69) is 89.5 Å². The predicted octanol–water partition coefficient (Wildman–Crippen LogP) is 0.250. The molecule has 4 radical (unpaired) electrons. The average molecular weight is 1650 g/mol. The van der Waals surface area contributed by atoms with E-state index < -0.39 is 55.9 Å². The van der Waals surface area contributed by atoms with Crippen LogP contribution < -0.4 is 31.9 Å². The van der Waals surface area contributed by atoms with Crippen LogP contribution >= 0.6 is 0 Å². The van der Waals surface area contributed by atoms with Crippen LogP contribution in [0.2, 0.25) is 0 Å². The first-order valence-corrected chi connectivity index (χ1v) is 42.3.